The van der Waals surface area contributed by atoms with E-state index >= 15 is 0 Å². The molecule has 3 nitrogen and oxygen atoms in total. The lowest BCUT2D eigenvalue weighted by Crippen LogP contribution is -2.41. The Labute approximate surface area is 94.7 Å². The molecular formula is C9H8BrClN2O. The Kier molecular flexibility index (Phi) is 2.51. The molecule has 1 aliphatic heterocycles. The van der Waals surface area contributed by atoms with Gasteiger partial charge in [-0.05, 0) is 40.0 Å². The fourth-order valence-corrected chi connectivity index (χ4v) is 1.96. The number of fused-ring (bicyclic) bond motifs is 1. The van der Waals surface area contributed by atoms with Crippen molar-refractivity contribution in [3.8, 4) is 0 Å². The molecule has 0 fully saturated rings. The number of nitrogens with one attached hydrogen (secondary N) is 1. The van der Waals surface area contributed by atoms with Gasteiger partial charge in [0.25, 0.3) is 0 Å². The molecule has 1 aromatic rings. The predicted octanol–water partition coefficient (Wildman–Crippen LogP) is 1.92. The first-order chi connectivity index (χ1) is 6.58. The molecule has 0 radical (unpaired) electrons. The van der Waals surface area contributed by atoms with Crippen molar-refractivity contribution in [1.82, 2.24) is 0 Å². The molecule has 1 atom stereocenters. The van der Waals surface area contributed by atoms with Crippen molar-refractivity contribution in [3.63, 3.8) is 0 Å². The first-order valence-corrected chi connectivity index (χ1v) is 5.29. The molecule has 14 heavy (non-hydrogen) atoms. The van der Waals surface area contributed by atoms with Gasteiger partial charge in [-0.25, -0.2) is 0 Å². The van der Waals surface area contributed by atoms with Crippen molar-refractivity contribution in [2.75, 3.05) is 5.32 Å². The van der Waals surface area contributed by atoms with Crippen LogP contribution in [0.4, 0.5) is 5.69 Å². The molecule has 2 rings (SSSR count). The molecule has 3 N–H and O–H groups in total. The monoisotopic (exact) mass is 274 g/mol. The van der Waals surface area contributed by atoms with Crippen LogP contribution in [0.3, 0.4) is 0 Å². The number of hydrogen-bond donors (Lipinski definition) is 2. The summed E-state index contributed by atoms with van der Waals surface area (Å²) in [4.78, 5) is 11.3. The molecule has 5 heteroatoms. The quantitative estimate of drug-likeness (QED) is 0.760. The lowest BCUT2D eigenvalue weighted by atomic mass is 10.00. The number of amides is 1. The van der Waals surface area contributed by atoms with Crippen LogP contribution in [0.2, 0.25) is 5.02 Å². The van der Waals surface area contributed by atoms with Crippen molar-refractivity contribution in [3.05, 3.63) is 27.2 Å². The van der Waals surface area contributed by atoms with Gasteiger partial charge >= 0.3 is 0 Å². The van der Waals surface area contributed by atoms with Crippen molar-refractivity contribution < 1.29 is 4.79 Å². The molecule has 1 amide bonds. The predicted molar refractivity (Wildman–Crippen MR) is 59.5 cm³/mol. The first kappa shape index (κ1) is 9.96. The highest BCUT2D eigenvalue weighted by molar-refractivity contribution is 9.10. The van der Waals surface area contributed by atoms with E-state index in [9.17, 15) is 4.79 Å². The summed E-state index contributed by atoms with van der Waals surface area (Å²) in [6, 6.07) is 3.14. The summed E-state index contributed by atoms with van der Waals surface area (Å²) in [5, 5.41) is 3.36. The van der Waals surface area contributed by atoms with E-state index in [4.69, 9.17) is 17.3 Å². The van der Waals surface area contributed by atoms with E-state index in [2.05, 4.69) is 21.2 Å². The minimum absolute atomic E-state index is 0.147. The number of rotatable bonds is 0. The van der Waals surface area contributed by atoms with Gasteiger partial charge in [-0.3, -0.25) is 4.79 Å². The molecular weight excluding hydrogens is 267 g/mol. The fraction of sp³-hybridized carbons (Fsp3) is 0.222. The average Bonchev–Trinajstić information content (AvgIpc) is 2.11. The highest BCUT2D eigenvalue weighted by Gasteiger charge is 2.23. The minimum atomic E-state index is -0.472. The Morgan fingerprint density at radius 2 is 2.29 bits per heavy atom. The Morgan fingerprint density at radius 3 is 3.00 bits per heavy atom. The standard InChI is InChI=1S/C9H8BrClN2O/c10-5-3-8-4(1-6(5)11)2-7(12)9(14)13-8/h1,3,7H,2,12H2,(H,13,14). The Hall–Kier alpha value is -0.580. The van der Waals surface area contributed by atoms with E-state index in [1.807, 2.05) is 6.07 Å². The second-order valence-electron chi connectivity index (χ2n) is 3.22. The molecule has 0 saturated carbocycles. The first-order valence-electron chi connectivity index (χ1n) is 4.12. The minimum Gasteiger partial charge on any atom is -0.324 e. The Bertz CT molecular complexity index is 408. The fourth-order valence-electron chi connectivity index (χ4n) is 1.43. The second kappa shape index (κ2) is 3.53. The van der Waals surface area contributed by atoms with Crippen LogP contribution in [0.25, 0.3) is 0 Å². The van der Waals surface area contributed by atoms with Gasteiger partial charge in [0.05, 0.1) is 11.1 Å². The van der Waals surface area contributed by atoms with E-state index in [1.165, 1.54) is 0 Å². The number of carbonyl (C=O) groups is 1. The smallest absolute Gasteiger partial charge is 0.241 e. The number of hydrogen-bond acceptors (Lipinski definition) is 2. The number of halogens is 2. The highest BCUT2D eigenvalue weighted by Crippen LogP contribution is 2.31. The summed E-state index contributed by atoms with van der Waals surface area (Å²) in [5.41, 5.74) is 7.38. The van der Waals surface area contributed by atoms with Crippen LogP contribution in [0.1, 0.15) is 5.56 Å². The largest absolute Gasteiger partial charge is 0.324 e. The highest BCUT2D eigenvalue weighted by atomic mass is 79.9. The molecule has 0 spiro atoms. The molecule has 74 valence electrons. The summed E-state index contributed by atoms with van der Waals surface area (Å²) in [6.07, 6.45) is 0.536. The van der Waals surface area contributed by atoms with E-state index < -0.39 is 6.04 Å². The zero-order chi connectivity index (χ0) is 10.3. The number of anilines is 1. The molecule has 0 saturated heterocycles. The third-order valence-electron chi connectivity index (χ3n) is 2.18. The Balaban J connectivity index is 2.47. The lowest BCUT2D eigenvalue weighted by Gasteiger charge is -2.22. The van der Waals surface area contributed by atoms with Crippen molar-refractivity contribution >= 4 is 39.1 Å². The topological polar surface area (TPSA) is 55.1 Å². The van der Waals surface area contributed by atoms with Gasteiger partial charge in [-0.15, -0.1) is 0 Å². The third kappa shape index (κ3) is 1.65. The summed E-state index contributed by atoms with van der Waals surface area (Å²) in [5.74, 6) is -0.147. The number of carbonyl (C=O) groups excluding carboxylic acids is 1. The second-order valence-corrected chi connectivity index (χ2v) is 4.48. The van der Waals surface area contributed by atoms with Gasteiger partial charge < -0.3 is 11.1 Å². The third-order valence-corrected chi connectivity index (χ3v) is 3.38. The number of benzene rings is 1. The SMILES string of the molecule is NC1Cc2cc(Cl)c(Br)cc2NC1=O. The van der Waals surface area contributed by atoms with Gasteiger partial charge in [-0.1, -0.05) is 11.6 Å². The van der Waals surface area contributed by atoms with Crippen molar-refractivity contribution in [1.29, 1.82) is 0 Å². The van der Waals surface area contributed by atoms with Gasteiger partial charge in [0.15, 0.2) is 0 Å². The van der Waals surface area contributed by atoms with Crippen LogP contribution >= 0.6 is 27.5 Å². The van der Waals surface area contributed by atoms with Gasteiger partial charge in [0.1, 0.15) is 0 Å². The van der Waals surface area contributed by atoms with Crippen LogP contribution in [0.15, 0.2) is 16.6 Å². The molecule has 0 bridgehead atoms. The van der Waals surface area contributed by atoms with Crippen LogP contribution in [-0.4, -0.2) is 11.9 Å². The van der Waals surface area contributed by atoms with Crippen molar-refractivity contribution in [2.45, 2.75) is 12.5 Å². The molecule has 0 aliphatic carbocycles. The van der Waals surface area contributed by atoms with Crippen LogP contribution in [0, 0.1) is 0 Å². The summed E-state index contributed by atoms with van der Waals surface area (Å²) < 4.78 is 0.772. The van der Waals surface area contributed by atoms with E-state index in [1.54, 1.807) is 6.07 Å². The molecule has 1 aromatic carbocycles. The van der Waals surface area contributed by atoms with Crippen molar-refractivity contribution in [2.24, 2.45) is 5.73 Å². The maximum absolute atomic E-state index is 11.3. The Morgan fingerprint density at radius 1 is 1.57 bits per heavy atom. The molecule has 0 aromatic heterocycles. The van der Waals surface area contributed by atoms with Crippen LogP contribution < -0.4 is 11.1 Å². The maximum atomic E-state index is 11.3. The molecule has 1 aliphatic rings. The van der Waals surface area contributed by atoms with E-state index in [0.29, 0.717) is 11.4 Å². The molecule has 1 heterocycles. The zero-order valence-corrected chi connectivity index (χ0v) is 9.52. The van der Waals surface area contributed by atoms with Crippen LogP contribution in [0.5, 0.6) is 0 Å². The van der Waals surface area contributed by atoms with E-state index in [0.717, 1.165) is 15.7 Å². The van der Waals surface area contributed by atoms with Gasteiger partial charge in [0.2, 0.25) is 5.91 Å². The molecule has 1 unspecified atom stereocenters. The van der Waals surface area contributed by atoms with Gasteiger partial charge in [-0.2, -0.15) is 0 Å². The summed E-state index contributed by atoms with van der Waals surface area (Å²) in [7, 11) is 0. The lowest BCUT2D eigenvalue weighted by molar-refractivity contribution is -0.117. The zero-order valence-electron chi connectivity index (χ0n) is 7.18. The van der Waals surface area contributed by atoms with E-state index in [-0.39, 0.29) is 5.91 Å². The van der Waals surface area contributed by atoms with Gasteiger partial charge in [0, 0.05) is 10.2 Å². The normalized spacial score (nSPS) is 20.2. The average molecular weight is 276 g/mol. The summed E-state index contributed by atoms with van der Waals surface area (Å²) >= 11 is 9.22. The maximum Gasteiger partial charge on any atom is 0.241 e. The summed E-state index contributed by atoms with van der Waals surface area (Å²) in [6.45, 7) is 0. The number of nitrogens with two attached hydrogens (primary N) is 1. The van der Waals surface area contributed by atoms with Crippen LogP contribution in [-0.2, 0) is 11.2 Å².